The van der Waals surface area contributed by atoms with Gasteiger partial charge in [0.05, 0.1) is 6.61 Å². The van der Waals surface area contributed by atoms with Crippen molar-refractivity contribution in [2.24, 2.45) is 5.73 Å². The van der Waals surface area contributed by atoms with E-state index in [2.05, 4.69) is 18.7 Å². The molecule has 3 nitrogen and oxygen atoms in total. The highest BCUT2D eigenvalue weighted by atomic mass is 16.5. The van der Waals surface area contributed by atoms with Gasteiger partial charge in [0.1, 0.15) is 0 Å². The van der Waals surface area contributed by atoms with E-state index in [1.807, 2.05) is 0 Å². The Morgan fingerprint density at radius 3 is 2.75 bits per heavy atom. The van der Waals surface area contributed by atoms with Crippen LogP contribution in [0.2, 0.25) is 0 Å². The fourth-order valence-electron chi connectivity index (χ4n) is 1.80. The highest BCUT2D eigenvalue weighted by Gasteiger charge is 2.24. The van der Waals surface area contributed by atoms with Gasteiger partial charge in [-0.05, 0) is 20.3 Å². The molecule has 1 heterocycles. The molecule has 1 fully saturated rings. The van der Waals surface area contributed by atoms with Crippen LogP contribution in [-0.4, -0.2) is 43.3 Å². The zero-order valence-corrected chi connectivity index (χ0v) is 8.12. The van der Waals surface area contributed by atoms with Crippen LogP contribution in [0.1, 0.15) is 20.3 Å². The number of ether oxygens (including phenoxy) is 1. The lowest BCUT2D eigenvalue weighted by Crippen LogP contribution is -2.43. The van der Waals surface area contributed by atoms with Crippen LogP contribution < -0.4 is 5.73 Å². The van der Waals surface area contributed by atoms with Crippen molar-refractivity contribution >= 4 is 0 Å². The molecule has 1 saturated heterocycles. The van der Waals surface area contributed by atoms with E-state index in [1.165, 1.54) is 0 Å². The molecule has 0 spiro atoms. The van der Waals surface area contributed by atoms with Crippen molar-refractivity contribution in [3.8, 4) is 0 Å². The van der Waals surface area contributed by atoms with Gasteiger partial charge in [0.15, 0.2) is 0 Å². The van der Waals surface area contributed by atoms with Crippen molar-refractivity contribution in [1.29, 1.82) is 0 Å². The van der Waals surface area contributed by atoms with Gasteiger partial charge < -0.3 is 10.5 Å². The lowest BCUT2D eigenvalue weighted by atomic mass is 10.2. The summed E-state index contributed by atoms with van der Waals surface area (Å²) in [4.78, 5) is 2.44. The molecule has 3 heteroatoms. The number of nitrogens with two attached hydrogens (primary N) is 1. The first-order valence-electron chi connectivity index (χ1n) is 4.79. The predicted molar refractivity (Wildman–Crippen MR) is 50.1 cm³/mol. The monoisotopic (exact) mass is 172 g/mol. The van der Waals surface area contributed by atoms with Crippen LogP contribution in [0.4, 0.5) is 0 Å². The average Bonchev–Trinajstić information content (AvgIpc) is 2.51. The summed E-state index contributed by atoms with van der Waals surface area (Å²) in [6, 6.07) is 1.19. The Hall–Kier alpha value is -0.120. The summed E-state index contributed by atoms with van der Waals surface area (Å²) in [6.45, 7) is 7.97. The number of hydrogen-bond acceptors (Lipinski definition) is 3. The van der Waals surface area contributed by atoms with E-state index < -0.39 is 0 Å². The van der Waals surface area contributed by atoms with Crippen molar-refractivity contribution in [3.05, 3.63) is 0 Å². The minimum atomic E-state index is 0.584. The first-order chi connectivity index (χ1) is 5.75. The van der Waals surface area contributed by atoms with Crippen molar-refractivity contribution in [2.75, 3.05) is 26.3 Å². The summed E-state index contributed by atoms with van der Waals surface area (Å²) in [5.74, 6) is 0. The van der Waals surface area contributed by atoms with Crippen LogP contribution in [0.5, 0.6) is 0 Å². The van der Waals surface area contributed by atoms with Crippen LogP contribution in [-0.2, 0) is 4.74 Å². The van der Waals surface area contributed by atoms with Gasteiger partial charge in [0.25, 0.3) is 0 Å². The van der Waals surface area contributed by atoms with E-state index in [9.17, 15) is 0 Å². The second-order valence-corrected chi connectivity index (χ2v) is 3.64. The topological polar surface area (TPSA) is 38.5 Å². The number of rotatable bonds is 4. The Morgan fingerprint density at radius 2 is 2.33 bits per heavy atom. The Morgan fingerprint density at radius 1 is 1.58 bits per heavy atom. The van der Waals surface area contributed by atoms with Gasteiger partial charge in [-0.2, -0.15) is 0 Å². The predicted octanol–water partition coefficient (Wildman–Crippen LogP) is 0.444. The molecular formula is C9H20N2O. The molecule has 1 aliphatic rings. The molecular weight excluding hydrogens is 152 g/mol. The SMILES string of the molecule is CC(C)N(CCN)C1CCOC1. The Labute approximate surface area is 74.9 Å². The second-order valence-electron chi connectivity index (χ2n) is 3.64. The molecule has 2 N–H and O–H groups in total. The minimum absolute atomic E-state index is 0.584. The largest absolute Gasteiger partial charge is 0.380 e. The second kappa shape index (κ2) is 4.80. The third-order valence-corrected chi connectivity index (χ3v) is 2.43. The zero-order valence-electron chi connectivity index (χ0n) is 8.12. The molecule has 0 aromatic rings. The van der Waals surface area contributed by atoms with Gasteiger partial charge in [0, 0.05) is 31.8 Å². The average molecular weight is 172 g/mol. The summed E-state index contributed by atoms with van der Waals surface area (Å²) in [5.41, 5.74) is 5.55. The molecule has 0 saturated carbocycles. The van der Waals surface area contributed by atoms with E-state index in [0.29, 0.717) is 12.1 Å². The highest BCUT2D eigenvalue weighted by Crippen LogP contribution is 2.14. The number of nitrogens with zero attached hydrogens (tertiary/aromatic N) is 1. The molecule has 0 bridgehead atoms. The molecule has 1 unspecified atom stereocenters. The zero-order chi connectivity index (χ0) is 8.97. The van der Waals surface area contributed by atoms with Gasteiger partial charge in [-0.1, -0.05) is 0 Å². The quantitative estimate of drug-likeness (QED) is 0.669. The lowest BCUT2D eigenvalue weighted by Gasteiger charge is -2.31. The Bertz CT molecular complexity index is 122. The van der Waals surface area contributed by atoms with E-state index in [1.54, 1.807) is 0 Å². The number of hydrogen-bond donors (Lipinski definition) is 1. The molecule has 1 aliphatic heterocycles. The molecule has 0 amide bonds. The fourth-order valence-corrected chi connectivity index (χ4v) is 1.80. The third kappa shape index (κ3) is 2.44. The summed E-state index contributed by atoms with van der Waals surface area (Å²) in [7, 11) is 0. The molecule has 0 aliphatic carbocycles. The van der Waals surface area contributed by atoms with Gasteiger partial charge >= 0.3 is 0 Å². The summed E-state index contributed by atoms with van der Waals surface area (Å²) < 4.78 is 5.35. The van der Waals surface area contributed by atoms with E-state index >= 15 is 0 Å². The molecule has 1 rings (SSSR count). The first-order valence-corrected chi connectivity index (χ1v) is 4.79. The molecule has 0 radical (unpaired) electrons. The van der Waals surface area contributed by atoms with E-state index in [0.717, 1.165) is 32.7 Å². The maximum Gasteiger partial charge on any atom is 0.0622 e. The van der Waals surface area contributed by atoms with Crippen LogP contribution in [0.15, 0.2) is 0 Å². The Kier molecular flexibility index (Phi) is 3.98. The normalized spacial score (nSPS) is 24.2. The van der Waals surface area contributed by atoms with E-state index in [4.69, 9.17) is 10.5 Å². The third-order valence-electron chi connectivity index (χ3n) is 2.43. The molecule has 0 aromatic carbocycles. The summed E-state index contributed by atoms with van der Waals surface area (Å²) >= 11 is 0. The highest BCUT2D eigenvalue weighted by molar-refractivity contribution is 4.78. The van der Waals surface area contributed by atoms with Crippen LogP contribution in [0.3, 0.4) is 0 Å². The van der Waals surface area contributed by atoms with Gasteiger partial charge in [-0.3, -0.25) is 4.90 Å². The van der Waals surface area contributed by atoms with Crippen molar-refractivity contribution < 1.29 is 4.74 Å². The van der Waals surface area contributed by atoms with Crippen molar-refractivity contribution in [1.82, 2.24) is 4.90 Å². The summed E-state index contributed by atoms with van der Waals surface area (Å²) in [5, 5.41) is 0. The van der Waals surface area contributed by atoms with Crippen LogP contribution >= 0.6 is 0 Å². The maximum atomic E-state index is 5.55. The summed E-state index contributed by atoms with van der Waals surface area (Å²) in [6.07, 6.45) is 1.16. The molecule has 72 valence electrons. The first kappa shape index (κ1) is 9.96. The van der Waals surface area contributed by atoms with Gasteiger partial charge in [-0.25, -0.2) is 0 Å². The van der Waals surface area contributed by atoms with Crippen molar-refractivity contribution in [3.63, 3.8) is 0 Å². The standard InChI is InChI=1S/C9H20N2O/c1-8(2)11(5-4-10)9-3-6-12-7-9/h8-9H,3-7,10H2,1-2H3. The molecule has 1 atom stereocenters. The van der Waals surface area contributed by atoms with Crippen molar-refractivity contribution in [2.45, 2.75) is 32.4 Å². The van der Waals surface area contributed by atoms with E-state index in [-0.39, 0.29) is 0 Å². The smallest absolute Gasteiger partial charge is 0.0622 e. The Balaban J connectivity index is 2.40. The van der Waals surface area contributed by atoms with Crippen LogP contribution in [0.25, 0.3) is 0 Å². The molecule has 12 heavy (non-hydrogen) atoms. The maximum absolute atomic E-state index is 5.55. The van der Waals surface area contributed by atoms with Crippen LogP contribution in [0, 0.1) is 0 Å². The van der Waals surface area contributed by atoms with Gasteiger partial charge in [-0.15, -0.1) is 0 Å². The minimum Gasteiger partial charge on any atom is -0.380 e. The fraction of sp³-hybridized carbons (Fsp3) is 1.00. The lowest BCUT2D eigenvalue weighted by molar-refractivity contribution is 0.123. The van der Waals surface area contributed by atoms with Gasteiger partial charge in [0.2, 0.25) is 0 Å². The molecule has 0 aromatic heterocycles.